The SMILES string of the molecule is CCCCO[C@@H](C)C(=O)Nc1ccc(CN(C[C@@H]2CCCCO2)C(C)C)cc1. The zero-order chi connectivity index (χ0) is 20.4. The summed E-state index contributed by atoms with van der Waals surface area (Å²) < 4.78 is 11.5. The van der Waals surface area contributed by atoms with E-state index in [0.29, 0.717) is 18.8 Å². The predicted molar refractivity (Wildman–Crippen MR) is 115 cm³/mol. The summed E-state index contributed by atoms with van der Waals surface area (Å²) in [6, 6.07) is 8.60. The van der Waals surface area contributed by atoms with Crippen molar-refractivity contribution in [1.82, 2.24) is 4.90 Å². The van der Waals surface area contributed by atoms with E-state index in [1.807, 2.05) is 12.1 Å². The third-order valence-corrected chi connectivity index (χ3v) is 5.28. The topological polar surface area (TPSA) is 50.8 Å². The number of carbonyl (C=O) groups is 1. The maximum absolute atomic E-state index is 12.2. The van der Waals surface area contributed by atoms with Gasteiger partial charge in [-0.2, -0.15) is 0 Å². The number of benzene rings is 1. The Kier molecular flexibility index (Phi) is 9.96. The molecular formula is C23H38N2O3. The van der Waals surface area contributed by atoms with Gasteiger partial charge in [0.25, 0.3) is 5.91 Å². The highest BCUT2D eigenvalue weighted by atomic mass is 16.5. The summed E-state index contributed by atoms with van der Waals surface area (Å²) in [4.78, 5) is 14.7. The van der Waals surface area contributed by atoms with Crippen LogP contribution in [0.5, 0.6) is 0 Å². The summed E-state index contributed by atoms with van der Waals surface area (Å²) in [5, 5.41) is 2.94. The molecule has 0 spiro atoms. The smallest absolute Gasteiger partial charge is 0.253 e. The second-order valence-electron chi connectivity index (χ2n) is 8.06. The summed E-state index contributed by atoms with van der Waals surface area (Å²) in [6.45, 7) is 11.8. The molecule has 1 fully saturated rings. The van der Waals surface area contributed by atoms with Gasteiger partial charge in [-0.05, 0) is 64.2 Å². The first kappa shape index (κ1) is 22.9. The fourth-order valence-corrected chi connectivity index (χ4v) is 3.32. The Labute approximate surface area is 170 Å². The average Bonchev–Trinajstić information content (AvgIpc) is 2.69. The first-order valence-corrected chi connectivity index (χ1v) is 10.9. The normalized spacial score (nSPS) is 18.4. The van der Waals surface area contributed by atoms with E-state index in [4.69, 9.17) is 9.47 Å². The van der Waals surface area contributed by atoms with E-state index >= 15 is 0 Å². The van der Waals surface area contributed by atoms with Crippen molar-refractivity contribution in [3.05, 3.63) is 29.8 Å². The second kappa shape index (κ2) is 12.2. The molecule has 1 aromatic carbocycles. The van der Waals surface area contributed by atoms with Crippen molar-refractivity contribution in [3.63, 3.8) is 0 Å². The molecule has 1 aliphatic rings. The Morgan fingerprint density at radius 2 is 2.00 bits per heavy atom. The number of amides is 1. The lowest BCUT2D eigenvalue weighted by Gasteiger charge is -2.32. The Bertz CT molecular complexity index is 568. The highest BCUT2D eigenvalue weighted by molar-refractivity contribution is 5.93. The van der Waals surface area contributed by atoms with Crippen LogP contribution in [0.2, 0.25) is 0 Å². The van der Waals surface area contributed by atoms with Crippen LogP contribution in [0.1, 0.15) is 65.4 Å². The van der Waals surface area contributed by atoms with Crippen molar-refractivity contribution in [2.24, 2.45) is 0 Å². The van der Waals surface area contributed by atoms with Gasteiger partial charge in [0.05, 0.1) is 6.10 Å². The molecule has 1 heterocycles. The van der Waals surface area contributed by atoms with Crippen LogP contribution in [0, 0.1) is 0 Å². The van der Waals surface area contributed by atoms with Crippen molar-refractivity contribution < 1.29 is 14.3 Å². The lowest BCUT2D eigenvalue weighted by molar-refractivity contribution is -0.126. The van der Waals surface area contributed by atoms with Gasteiger partial charge in [-0.3, -0.25) is 9.69 Å². The molecule has 1 amide bonds. The third-order valence-electron chi connectivity index (χ3n) is 5.28. The van der Waals surface area contributed by atoms with Crippen molar-refractivity contribution in [2.45, 2.75) is 84.6 Å². The van der Waals surface area contributed by atoms with Gasteiger partial charge in [-0.15, -0.1) is 0 Å². The van der Waals surface area contributed by atoms with Crippen LogP contribution < -0.4 is 5.32 Å². The van der Waals surface area contributed by atoms with Crippen molar-refractivity contribution >= 4 is 11.6 Å². The van der Waals surface area contributed by atoms with E-state index in [0.717, 1.165) is 44.6 Å². The summed E-state index contributed by atoms with van der Waals surface area (Å²) in [5.74, 6) is -0.0953. The number of ether oxygens (including phenoxy) is 2. The van der Waals surface area contributed by atoms with E-state index in [1.165, 1.54) is 18.4 Å². The molecule has 1 aromatic rings. The minimum Gasteiger partial charge on any atom is -0.377 e. The molecule has 1 aliphatic heterocycles. The van der Waals surface area contributed by atoms with Crippen molar-refractivity contribution in [3.8, 4) is 0 Å². The Morgan fingerprint density at radius 1 is 1.25 bits per heavy atom. The van der Waals surface area contributed by atoms with Crippen molar-refractivity contribution in [2.75, 3.05) is 25.1 Å². The van der Waals surface area contributed by atoms with Gasteiger partial charge in [0.1, 0.15) is 6.10 Å². The fourth-order valence-electron chi connectivity index (χ4n) is 3.32. The number of nitrogens with one attached hydrogen (secondary N) is 1. The number of carbonyl (C=O) groups excluding carboxylic acids is 1. The number of nitrogens with zero attached hydrogens (tertiary/aromatic N) is 1. The molecule has 0 aromatic heterocycles. The maximum atomic E-state index is 12.2. The molecule has 28 heavy (non-hydrogen) atoms. The highest BCUT2D eigenvalue weighted by Gasteiger charge is 2.20. The second-order valence-corrected chi connectivity index (χ2v) is 8.06. The predicted octanol–water partition coefficient (Wildman–Crippen LogP) is 4.61. The van der Waals surface area contributed by atoms with Crippen LogP contribution in [0.15, 0.2) is 24.3 Å². The molecule has 0 aliphatic carbocycles. The van der Waals surface area contributed by atoms with E-state index in [-0.39, 0.29) is 5.91 Å². The molecule has 158 valence electrons. The molecule has 0 saturated carbocycles. The minimum atomic E-state index is -0.432. The van der Waals surface area contributed by atoms with Gasteiger partial charge < -0.3 is 14.8 Å². The van der Waals surface area contributed by atoms with Gasteiger partial charge in [-0.25, -0.2) is 0 Å². The standard InChI is InChI=1S/C23H38N2O3/c1-5-6-14-27-19(4)23(26)24-21-12-10-20(11-13-21)16-25(18(2)3)17-22-9-7-8-15-28-22/h10-13,18-19,22H,5-9,14-17H2,1-4H3,(H,24,26)/t19-,22-/m0/s1. The number of unbranched alkanes of at least 4 members (excludes halogenated alkanes) is 1. The molecule has 5 nitrogen and oxygen atoms in total. The Balaban J connectivity index is 1.85. The van der Waals surface area contributed by atoms with Crippen LogP contribution in [0.4, 0.5) is 5.69 Å². The van der Waals surface area contributed by atoms with Crippen LogP contribution in [-0.2, 0) is 20.8 Å². The third kappa shape index (κ3) is 7.90. The molecule has 5 heteroatoms. The van der Waals surface area contributed by atoms with E-state index in [2.05, 4.69) is 43.1 Å². The van der Waals surface area contributed by atoms with Crippen LogP contribution in [-0.4, -0.2) is 48.8 Å². The fraction of sp³-hybridized carbons (Fsp3) is 0.696. The van der Waals surface area contributed by atoms with E-state index in [1.54, 1.807) is 6.92 Å². The monoisotopic (exact) mass is 390 g/mol. The van der Waals surface area contributed by atoms with E-state index in [9.17, 15) is 4.79 Å². The maximum Gasteiger partial charge on any atom is 0.253 e. The number of anilines is 1. The van der Waals surface area contributed by atoms with Crippen molar-refractivity contribution in [1.29, 1.82) is 0 Å². The van der Waals surface area contributed by atoms with Gasteiger partial charge in [-0.1, -0.05) is 25.5 Å². The molecule has 1 N–H and O–H groups in total. The van der Waals surface area contributed by atoms with Crippen LogP contribution >= 0.6 is 0 Å². The zero-order valence-electron chi connectivity index (χ0n) is 18.1. The van der Waals surface area contributed by atoms with Gasteiger partial charge >= 0.3 is 0 Å². The zero-order valence-corrected chi connectivity index (χ0v) is 18.1. The minimum absolute atomic E-state index is 0.0953. The highest BCUT2D eigenvalue weighted by Crippen LogP contribution is 2.18. The quantitative estimate of drug-likeness (QED) is 0.561. The molecule has 0 radical (unpaired) electrons. The average molecular weight is 391 g/mol. The van der Waals surface area contributed by atoms with Crippen LogP contribution in [0.25, 0.3) is 0 Å². The molecule has 0 unspecified atom stereocenters. The summed E-state index contributed by atoms with van der Waals surface area (Å²) in [7, 11) is 0. The number of rotatable bonds is 11. The summed E-state index contributed by atoms with van der Waals surface area (Å²) >= 11 is 0. The van der Waals surface area contributed by atoms with Gasteiger partial charge in [0, 0.05) is 38.0 Å². The van der Waals surface area contributed by atoms with Gasteiger partial charge in [0.2, 0.25) is 0 Å². The molecule has 2 atom stereocenters. The summed E-state index contributed by atoms with van der Waals surface area (Å²) in [6.07, 6.45) is 5.58. The first-order valence-electron chi connectivity index (χ1n) is 10.9. The first-order chi connectivity index (χ1) is 13.5. The van der Waals surface area contributed by atoms with Crippen LogP contribution in [0.3, 0.4) is 0 Å². The number of hydrogen-bond acceptors (Lipinski definition) is 4. The molecular weight excluding hydrogens is 352 g/mol. The lowest BCUT2D eigenvalue weighted by Crippen LogP contribution is -2.39. The number of hydrogen-bond donors (Lipinski definition) is 1. The molecule has 1 saturated heterocycles. The lowest BCUT2D eigenvalue weighted by atomic mass is 10.1. The molecule has 0 bridgehead atoms. The Hall–Kier alpha value is -1.43. The largest absolute Gasteiger partial charge is 0.377 e. The molecule has 2 rings (SSSR count). The Morgan fingerprint density at radius 3 is 2.61 bits per heavy atom. The van der Waals surface area contributed by atoms with E-state index < -0.39 is 6.10 Å². The summed E-state index contributed by atoms with van der Waals surface area (Å²) in [5.41, 5.74) is 2.06. The van der Waals surface area contributed by atoms with Gasteiger partial charge in [0.15, 0.2) is 0 Å².